The minimum Gasteiger partial charge on any atom is -0.466 e. The van der Waals surface area contributed by atoms with Gasteiger partial charge in [-0.15, -0.1) is 13.2 Å². The van der Waals surface area contributed by atoms with E-state index in [9.17, 15) is 18.0 Å². The Kier molecular flexibility index (Phi) is 3.68. The summed E-state index contributed by atoms with van der Waals surface area (Å²) in [5.74, 6) is -0.883. The van der Waals surface area contributed by atoms with Crippen LogP contribution < -0.4 is 4.74 Å². The van der Waals surface area contributed by atoms with Gasteiger partial charge in [-0.25, -0.2) is 0 Å². The number of carbonyl (C=O) groups is 1. The van der Waals surface area contributed by atoms with E-state index in [1.807, 2.05) is 0 Å². The van der Waals surface area contributed by atoms with E-state index in [1.165, 1.54) is 18.2 Å². The van der Waals surface area contributed by atoms with Gasteiger partial charge < -0.3 is 9.47 Å². The average Bonchev–Trinajstić information content (AvgIpc) is 3.07. The summed E-state index contributed by atoms with van der Waals surface area (Å²) in [4.78, 5) is 11.5. The molecule has 0 aromatic heterocycles. The van der Waals surface area contributed by atoms with E-state index < -0.39 is 6.36 Å². The first-order chi connectivity index (χ1) is 8.90. The zero-order valence-corrected chi connectivity index (χ0v) is 10.2. The van der Waals surface area contributed by atoms with Crippen molar-refractivity contribution in [3.8, 4) is 5.75 Å². The highest BCUT2D eigenvalue weighted by molar-refractivity contribution is 5.77. The highest BCUT2D eigenvalue weighted by Gasteiger charge is 2.45. The lowest BCUT2D eigenvalue weighted by Gasteiger charge is -2.09. The van der Waals surface area contributed by atoms with E-state index in [0.717, 1.165) is 0 Å². The van der Waals surface area contributed by atoms with E-state index in [-0.39, 0.29) is 23.6 Å². The SMILES string of the molecule is CCOC(=O)[C@@H]1C[C@H]1c1cccc(OC(F)(F)F)c1. The Hall–Kier alpha value is -1.72. The number of ether oxygens (including phenoxy) is 2. The molecule has 0 bridgehead atoms. The molecule has 1 saturated carbocycles. The van der Waals surface area contributed by atoms with Gasteiger partial charge in [0.25, 0.3) is 0 Å². The van der Waals surface area contributed by atoms with Gasteiger partial charge in [-0.05, 0) is 37.0 Å². The van der Waals surface area contributed by atoms with Crippen molar-refractivity contribution < 1.29 is 27.4 Å². The molecule has 19 heavy (non-hydrogen) atoms. The molecule has 104 valence electrons. The second kappa shape index (κ2) is 5.11. The summed E-state index contributed by atoms with van der Waals surface area (Å²) >= 11 is 0. The molecule has 0 spiro atoms. The largest absolute Gasteiger partial charge is 0.573 e. The maximum Gasteiger partial charge on any atom is 0.573 e. The van der Waals surface area contributed by atoms with Gasteiger partial charge in [0.15, 0.2) is 0 Å². The van der Waals surface area contributed by atoms with Crippen molar-refractivity contribution in [1.82, 2.24) is 0 Å². The maximum absolute atomic E-state index is 12.1. The van der Waals surface area contributed by atoms with E-state index in [1.54, 1.807) is 13.0 Å². The van der Waals surface area contributed by atoms with E-state index in [4.69, 9.17) is 4.74 Å². The van der Waals surface area contributed by atoms with Crippen molar-refractivity contribution in [1.29, 1.82) is 0 Å². The van der Waals surface area contributed by atoms with Crippen LogP contribution in [0, 0.1) is 5.92 Å². The summed E-state index contributed by atoms with van der Waals surface area (Å²) in [6.07, 6.45) is -4.10. The number of hydrogen-bond donors (Lipinski definition) is 0. The van der Waals surface area contributed by atoms with Crippen molar-refractivity contribution in [2.45, 2.75) is 25.6 Å². The predicted octanol–water partition coefficient (Wildman–Crippen LogP) is 3.25. The number of alkyl halides is 3. The van der Waals surface area contributed by atoms with Crippen LogP contribution in [0.5, 0.6) is 5.75 Å². The minimum absolute atomic E-state index is 0.0733. The fourth-order valence-electron chi connectivity index (χ4n) is 2.02. The smallest absolute Gasteiger partial charge is 0.466 e. The molecular formula is C13H13F3O3. The first-order valence-corrected chi connectivity index (χ1v) is 5.93. The molecule has 6 heteroatoms. The van der Waals surface area contributed by atoms with E-state index >= 15 is 0 Å². The van der Waals surface area contributed by atoms with Gasteiger partial charge in [-0.2, -0.15) is 0 Å². The number of carbonyl (C=O) groups excluding carboxylic acids is 1. The van der Waals surface area contributed by atoms with Crippen LogP contribution in [0.15, 0.2) is 24.3 Å². The standard InChI is InChI=1S/C13H13F3O3/c1-2-18-12(17)11-7-10(11)8-4-3-5-9(6-8)19-13(14,15)16/h3-6,10-11H,2,7H2,1H3/t10-,11+/m0/s1. The fourth-order valence-corrected chi connectivity index (χ4v) is 2.02. The quantitative estimate of drug-likeness (QED) is 0.791. The van der Waals surface area contributed by atoms with E-state index in [0.29, 0.717) is 18.6 Å². The molecule has 2 atom stereocenters. The summed E-state index contributed by atoms with van der Waals surface area (Å²) < 4.78 is 45.0. The van der Waals surface area contributed by atoms with Crippen LogP contribution in [0.25, 0.3) is 0 Å². The predicted molar refractivity (Wildman–Crippen MR) is 60.6 cm³/mol. The van der Waals surface area contributed by atoms with Gasteiger partial charge in [0, 0.05) is 0 Å². The van der Waals surface area contributed by atoms with Crippen LogP contribution in [0.2, 0.25) is 0 Å². The van der Waals surface area contributed by atoms with Crippen molar-refractivity contribution in [2.24, 2.45) is 5.92 Å². The molecular weight excluding hydrogens is 261 g/mol. The monoisotopic (exact) mass is 274 g/mol. The normalized spacial score (nSPS) is 21.9. The van der Waals surface area contributed by atoms with Crippen LogP contribution in [-0.4, -0.2) is 18.9 Å². The lowest BCUT2D eigenvalue weighted by molar-refractivity contribution is -0.274. The summed E-state index contributed by atoms with van der Waals surface area (Å²) in [6, 6.07) is 5.72. The molecule has 1 aromatic carbocycles. The number of benzene rings is 1. The van der Waals surface area contributed by atoms with Gasteiger partial charge in [-0.3, -0.25) is 4.79 Å². The summed E-state index contributed by atoms with van der Waals surface area (Å²) in [5.41, 5.74) is 0.666. The van der Waals surface area contributed by atoms with Crippen molar-refractivity contribution >= 4 is 5.97 Å². The lowest BCUT2D eigenvalue weighted by atomic mass is 10.1. The molecule has 0 unspecified atom stereocenters. The fraction of sp³-hybridized carbons (Fsp3) is 0.462. The average molecular weight is 274 g/mol. The number of hydrogen-bond acceptors (Lipinski definition) is 3. The van der Waals surface area contributed by atoms with Crippen molar-refractivity contribution in [3.05, 3.63) is 29.8 Å². The van der Waals surface area contributed by atoms with Gasteiger partial charge in [0.05, 0.1) is 12.5 Å². The number of esters is 1. The Morgan fingerprint density at radius 3 is 2.79 bits per heavy atom. The first kappa shape index (κ1) is 13.7. The Morgan fingerprint density at radius 2 is 2.16 bits per heavy atom. The molecule has 1 aliphatic rings. The van der Waals surface area contributed by atoms with Crippen LogP contribution >= 0.6 is 0 Å². The third kappa shape index (κ3) is 3.62. The Morgan fingerprint density at radius 1 is 1.42 bits per heavy atom. The van der Waals surface area contributed by atoms with E-state index in [2.05, 4.69) is 4.74 Å². The number of halogens is 3. The van der Waals surface area contributed by atoms with Crippen LogP contribution in [-0.2, 0) is 9.53 Å². The topological polar surface area (TPSA) is 35.5 Å². The highest BCUT2D eigenvalue weighted by Crippen LogP contribution is 2.48. The minimum atomic E-state index is -4.71. The lowest BCUT2D eigenvalue weighted by Crippen LogP contribution is -2.17. The highest BCUT2D eigenvalue weighted by atomic mass is 19.4. The summed E-state index contributed by atoms with van der Waals surface area (Å²) in [7, 11) is 0. The maximum atomic E-state index is 12.1. The Balaban J connectivity index is 2.03. The van der Waals surface area contributed by atoms with Gasteiger partial charge in [0.2, 0.25) is 0 Å². The Labute approximate surface area is 108 Å². The summed E-state index contributed by atoms with van der Waals surface area (Å²) in [5, 5.41) is 0. The molecule has 0 N–H and O–H groups in total. The third-order valence-corrected chi connectivity index (χ3v) is 2.90. The van der Waals surface area contributed by atoms with Gasteiger partial charge >= 0.3 is 12.3 Å². The molecule has 1 aliphatic carbocycles. The van der Waals surface area contributed by atoms with Crippen molar-refractivity contribution in [3.63, 3.8) is 0 Å². The first-order valence-electron chi connectivity index (χ1n) is 5.93. The van der Waals surface area contributed by atoms with Crippen LogP contribution in [0.4, 0.5) is 13.2 Å². The molecule has 0 heterocycles. The zero-order valence-electron chi connectivity index (χ0n) is 10.2. The summed E-state index contributed by atoms with van der Waals surface area (Å²) in [6.45, 7) is 2.02. The second-order valence-electron chi connectivity index (χ2n) is 4.32. The van der Waals surface area contributed by atoms with Gasteiger partial charge in [-0.1, -0.05) is 12.1 Å². The molecule has 3 nitrogen and oxygen atoms in total. The van der Waals surface area contributed by atoms with Crippen molar-refractivity contribution in [2.75, 3.05) is 6.61 Å². The number of rotatable bonds is 4. The molecule has 2 rings (SSSR count). The Bertz CT molecular complexity index is 470. The molecule has 1 fully saturated rings. The third-order valence-electron chi connectivity index (χ3n) is 2.90. The van der Waals surface area contributed by atoms with Crippen LogP contribution in [0.3, 0.4) is 0 Å². The van der Waals surface area contributed by atoms with Gasteiger partial charge in [0.1, 0.15) is 5.75 Å². The zero-order chi connectivity index (χ0) is 14.0. The van der Waals surface area contributed by atoms with Crippen LogP contribution in [0.1, 0.15) is 24.8 Å². The molecule has 1 aromatic rings. The molecule has 0 amide bonds. The molecule has 0 aliphatic heterocycles. The molecule has 0 radical (unpaired) electrons. The molecule has 0 saturated heterocycles. The second-order valence-corrected chi connectivity index (χ2v) is 4.32.